The number of hydrogen-bond donors (Lipinski definition) is 1. The lowest BCUT2D eigenvalue weighted by atomic mass is 10.3. The molecule has 0 atom stereocenters. The largest absolute Gasteiger partial charge is 0.311 e. The standard InChI is InChI=1S/C12H13ClFN3/c1-2-15-8-10-5-6-17(16-10)12-4-3-9(13)7-11(12)14/h3-7,15H,2,8H2,1H3. The summed E-state index contributed by atoms with van der Waals surface area (Å²) in [5, 5.41) is 7.82. The average molecular weight is 254 g/mol. The highest BCUT2D eigenvalue weighted by atomic mass is 35.5. The number of benzene rings is 1. The Labute approximate surface area is 104 Å². The first-order chi connectivity index (χ1) is 8.20. The van der Waals surface area contributed by atoms with Gasteiger partial charge >= 0.3 is 0 Å². The summed E-state index contributed by atoms with van der Waals surface area (Å²) in [7, 11) is 0. The summed E-state index contributed by atoms with van der Waals surface area (Å²) in [4.78, 5) is 0. The minimum Gasteiger partial charge on any atom is -0.311 e. The highest BCUT2D eigenvalue weighted by Gasteiger charge is 2.06. The molecule has 0 radical (unpaired) electrons. The van der Waals surface area contributed by atoms with Crippen molar-refractivity contribution >= 4 is 11.6 Å². The van der Waals surface area contributed by atoms with Crippen molar-refractivity contribution in [3.05, 3.63) is 47.0 Å². The third kappa shape index (κ3) is 2.84. The van der Waals surface area contributed by atoms with E-state index in [1.807, 2.05) is 13.0 Å². The quantitative estimate of drug-likeness (QED) is 0.908. The van der Waals surface area contributed by atoms with Crippen LogP contribution in [-0.2, 0) is 6.54 Å². The van der Waals surface area contributed by atoms with Crippen LogP contribution in [0.5, 0.6) is 0 Å². The van der Waals surface area contributed by atoms with Gasteiger partial charge in [0, 0.05) is 17.8 Å². The van der Waals surface area contributed by atoms with Gasteiger partial charge in [0.1, 0.15) is 11.5 Å². The van der Waals surface area contributed by atoms with Crippen LogP contribution >= 0.6 is 11.6 Å². The fraction of sp³-hybridized carbons (Fsp3) is 0.250. The van der Waals surface area contributed by atoms with E-state index < -0.39 is 0 Å². The maximum atomic E-state index is 13.6. The second kappa shape index (κ2) is 5.29. The maximum Gasteiger partial charge on any atom is 0.150 e. The van der Waals surface area contributed by atoms with E-state index >= 15 is 0 Å². The highest BCUT2D eigenvalue weighted by molar-refractivity contribution is 6.30. The smallest absolute Gasteiger partial charge is 0.150 e. The molecule has 1 N–H and O–H groups in total. The maximum absolute atomic E-state index is 13.6. The van der Waals surface area contributed by atoms with Crippen LogP contribution in [-0.4, -0.2) is 16.3 Å². The van der Waals surface area contributed by atoms with E-state index in [2.05, 4.69) is 10.4 Å². The Bertz CT molecular complexity index is 510. The molecule has 17 heavy (non-hydrogen) atoms. The van der Waals surface area contributed by atoms with Gasteiger partial charge in [0.05, 0.1) is 5.69 Å². The van der Waals surface area contributed by atoms with E-state index in [1.54, 1.807) is 18.3 Å². The lowest BCUT2D eigenvalue weighted by Crippen LogP contribution is -2.12. The number of rotatable bonds is 4. The fourth-order valence-electron chi connectivity index (χ4n) is 1.51. The zero-order valence-corrected chi connectivity index (χ0v) is 10.2. The van der Waals surface area contributed by atoms with Gasteiger partial charge in [-0.3, -0.25) is 0 Å². The molecule has 3 nitrogen and oxygen atoms in total. The minimum atomic E-state index is -0.379. The van der Waals surface area contributed by atoms with Crippen molar-refractivity contribution in [1.82, 2.24) is 15.1 Å². The van der Waals surface area contributed by atoms with Crippen molar-refractivity contribution in [2.45, 2.75) is 13.5 Å². The predicted molar refractivity (Wildman–Crippen MR) is 65.9 cm³/mol. The van der Waals surface area contributed by atoms with E-state index in [0.29, 0.717) is 17.3 Å². The number of nitrogens with zero attached hydrogens (tertiary/aromatic N) is 2. The van der Waals surface area contributed by atoms with Crippen LogP contribution in [0.25, 0.3) is 5.69 Å². The third-order valence-corrected chi connectivity index (χ3v) is 2.59. The average Bonchev–Trinajstić information content (AvgIpc) is 2.75. The number of nitrogens with one attached hydrogen (secondary N) is 1. The van der Waals surface area contributed by atoms with Crippen molar-refractivity contribution in [2.24, 2.45) is 0 Å². The molecule has 0 aliphatic rings. The van der Waals surface area contributed by atoms with Gasteiger partial charge in [-0.2, -0.15) is 5.10 Å². The first kappa shape index (κ1) is 12.1. The first-order valence-electron chi connectivity index (χ1n) is 5.41. The van der Waals surface area contributed by atoms with Gasteiger partial charge in [-0.25, -0.2) is 9.07 Å². The second-order valence-electron chi connectivity index (χ2n) is 3.63. The van der Waals surface area contributed by atoms with Crippen molar-refractivity contribution in [1.29, 1.82) is 0 Å². The summed E-state index contributed by atoms with van der Waals surface area (Å²) in [5.74, 6) is -0.379. The van der Waals surface area contributed by atoms with Crippen LogP contribution in [0.3, 0.4) is 0 Å². The van der Waals surface area contributed by atoms with Gasteiger partial charge in [0.15, 0.2) is 0 Å². The molecule has 1 heterocycles. The highest BCUT2D eigenvalue weighted by Crippen LogP contribution is 2.17. The van der Waals surface area contributed by atoms with Crippen molar-refractivity contribution in [3.63, 3.8) is 0 Å². The van der Waals surface area contributed by atoms with Crippen molar-refractivity contribution < 1.29 is 4.39 Å². The van der Waals surface area contributed by atoms with Crippen LogP contribution in [0.2, 0.25) is 5.02 Å². The summed E-state index contributed by atoms with van der Waals surface area (Å²) in [5.41, 5.74) is 1.28. The summed E-state index contributed by atoms with van der Waals surface area (Å²) in [6, 6.07) is 6.40. The number of hydrogen-bond acceptors (Lipinski definition) is 2. The Morgan fingerprint density at radius 2 is 2.24 bits per heavy atom. The molecule has 2 aromatic rings. The topological polar surface area (TPSA) is 29.9 Å². The molecule has 0 saturated heterocycles. The second-order valence-corrected chi connectivity index (χ2v) is 4.06. The minimum absolute atomic E-state index is 0.379. The van der Waals surface area contributed by atoms with E-state index in [0.717, 1.165) is 12.2 Å². The Balaban J connectivity index is 2.24. The van der Waals surface area contributed by atoms with Crippen molar-refractivity contribution in [3.8, 4) is 5.69 Å². The van der Waals surface area contributed by atoms with Gasteiger partial charge in [0.25, 0.3) is 0 Å². The summed E-state index contributed by atoms with van der Waals surface area (Å²) >= 11 is 5.70. The molecule has 0 aliphatic heterocycles. The van der Waals surface area contributed by atoms with E-state index in [9.17, 15) is 4.39 Å². The Morgan fingerprint density at radius 1 is 1.41 bits per heavy atom. The molecule has 5 heteroatoms. The normalized spacial score (nSPS) is 10.8. The molecule has 0 unspecified atom stereocenters. The van der Waals surface area contributed by atoms with E-state index in [1.165, 1.54) is 10.7 Å². The molecule has 0 amide bonds. The predicted octanol–water partition coefficient (Wildman–Crippen LogP) is 2.77. The van der Waals surface area contributed by atoms with Crippen LogP contribution in [0.4, 0.5) is 4.39 Å². The Hall–Kier alpha value is -1.39. The molecule has 1 aromatic heterocycles. The lowest BCUT2D eigenvalue weighted by molar-refractivity contribution is 0.608. The molecule has 0 bridgehead atoms. The monoisotopic (exact) mass is 253 g/mol. The Morgan fingerprint density at radius 3 is 2.94 bits per heavy atom. The number of aromatic nitrogens is 2. The third-order valence-electron chi connectivity index (χ3n) is 2.36. The summed E-state index contributed by atoms with van der Waals surface area (Å²) < 4.78 is 15.1. The Kier molecular flexibility index (Phi) is 3.76. The van der Waals surface area contributed by atoms with Crippen LogP contribution in [0.1, 0.15) is 12.6 Å². The summed E-state index contributed by atoms with van der Waals surface area (Å²) in [6.07, 6.45) is 1.74. The fourth-order valence-corrected chi connectivity index (χ4v) is 1.67. The number of halogens is 2. The van der Waals surface area contributed by atoms with E-state index in [4.69, 9.17) is 11.6 Å². The van der Waals surface area contributed by atoms with Gasteiger partial charge in [-0.15, -0.1) is 0 Å². The van der Waals surface area contributed by atoms with Gasteiger partial charge in [-0.05, 0) is 30.8 Å². The molecule has 90 valence electrons. The molecular weight excluding hydrogens is 241 g/mol. The van der Waals surface area contributed by atoms with Gasteiger partial charge in [0.2, 0.25) is 0 Å². The van der Waals surface area contributed by atoms with E-state index in [-0.39, 0.29) is 5.82 Å². The van der Waals surface area contributed by atoms with Gasteiger partial charge < -0.3 is 5.32 Å². The molecular formula is C12H13ClFN3. The molecule has 1 aromatic carbocycles. The zero-order valence-electron chi connectivity index (χ0n) is 9.45. The van der Waals surface area contributed by atoms with Crippen LogP contribution in [0.15, 0.2) is 30.5 Å². The summed E-state index contributed by atoms with van der Waals surface area (Å²) in [6.45, 7) is 3.58. The molecule has 0 fully saturated rings. The molecule has 0 saturated carbocycles. The molecule has 2 rings (SSSR count). The zero-order chi connectivity index (χ0) is 12.3. The SMILES string of the molecule is CCNCc1ccn(-c2ccc(Cl)cc2F)n1. The molecule has 0 spiro atoms. The van der Waals surface area contributed by atoms with Crippen LogP contribution in [0, 0.1) is 5.82 Å². The van der Waals surface area contributed by atoms with Crippen LogP contribution < -0.4 is 5.32 Å². The van der Waals surface area contributed by atoms with Crippen molar-refractivity contribution in [2.75, 3.05) is 6.54 Å². The first-order valence-corrected chi connectivity index (χ1v) is 5.79. The lowest BCUT2D eigenvalue weighted by Gasteiger charge is -2.03. The van der Waals surface area contributed by atoms with Gasteiger partial charge in [-0.1, -0.05) is 18.5 Å². The molecule has 0 aliphatic carbocycles.